The Hall–Kier alpha value is -4.06. The summed E-state index contributed by atoms with van der Waals surface area (Å²) in [6.07, 6.45) is 5.05. The molecule has 3 heterocycles. The molecule has 2 aromatic heterocycles. The zero-order valence-electron chi connectivity index (χ0n) is 23.2. The van der Waals surface area contributed by atoms with Crippen LogP contribution in [0.1, 0.15) is 48.3 Å². The van der Waals surface area contributed by atoms with Crippen molar-refractivity contribution in [2.45, 2.75) is 50.7 Å². The smallest absolute Gasteiger partial charge is 0.268 e. The molecule has 2 aliphatic rings. The molecule has 0 amide bonds. The Morgan fingerprint density at radius 3 is 2.42 bits per heavy atom. The van der Waals surface area contributed by atoms with E-state index in [-0.39, 0.29) is 17.0 Å². The van der Waals surface area contributed by atoms with Crippen LogP contribution in [0.3, 0.4) is 0 Å². The predicted octanol–water partition coefficient (Wildman–Crippen LogP) is 6.50. The molecule has 0 fully saturated rings. The number of fused-ring (bicyclic) bond motifs is 3. The average Bonchev–Trinajstić information content (AvgIpc) is 3.48. The molecule has 2 atom stereocenters. The monoisotopic (exact) mass is 553 g/mol. The maximum absolute atomic E-state index is 13.9. The van der Waals surface area contributed by atoms with Crippen molar-refractivity contribution in [1.82, 2.24) is 8.54 Å². The number of para-hydroxylation sites is 1. The highest BCUT2D eigenvalue weighted by Gasteiger charge is 2.36. The van der Waals surface area contributed by atoms with Crippen molar-refractivity contribution in [3.8, 4) is 17.2 Å². The molecule has 8 heteroatoms. The van der Waals surface area contributed by atoms with Gasteiger partial charge >= 0.3 is 0 Å². The van der Waals surface area contributed by atoms with Crippen molar-refractivity contribution in [3.05, 3.63) is 94.7 Å². The molecule has 7 nitrogen and oxygen atoms in total. The van der Waals surface area contributed by atoms with Crippen LogP contribution in [0.4, 0.5) is 0 Å². The SMILES string of the molecule is COC1=CC2=C(CC1OC)CC(C)n1c(C)c(-c3cn(S(=O)(=O)c4ccc(C)cc4)c4ccccc34)c(C#N)c12. The van der Waals surface area contributed by atoms with Gasteiger partial charge in [0, 0.05) is 53.5 Å². The second-order valence-corrected chi connectivity index (χ2v) is 12.4. The Morgan fingerprint density at radius 2 is 1.75 bits per heavy atom. The van der Waals surface area contributed by atoms with E-state index in [0.29, 0.717) is 17.5 Å². The van der Waals surface area contributed by atoms with Gasteiger partial charge in [0.2, 0.25) is 0 Å². The molecule has 0 saturated carbocycles. The summed E-state index contributed by atoms with van der Waals surface area (Å²) >= 11 is 0. The minimum absolute atomic E-state index is 0.120. The van der Waals surface area contributed by atoms with Gasteiger partial charge in [-0.05, 0) is 51.5 Å². The van der Waals surface area contributed by atoms with Crippen LogP contribution >= 0.6 is 0 Å². The molecule has 1 aliphatic carbocycles. The standard InChI is InChI=1S/C32H31N3O4S/c1-19-10-12-23(13-11-19)40(36,37)34-18-27(24-8-6-7-9-28(24)34)31-21(3)35-20(2)14-22-15-29(38-4)30(39-5)16-25(22)32(35)26(31)17-33/h6-13,16,18,20,29H,14-15H2,1-5H3. The maximum Gasteiger partial charge on any atom is 0.268 e. The topological polar surface area (TPSA) is 86.2 Å². The summed E-state index contributed by atoms with van der Waals surface area (Å²) < 4.78 is 42.6. The molecular weight excluding hydrogens is 522 g/mol. The summed E-state index contributed by atoms with van der Waals surface area (Å²) in [6.45, 7) is 6.10. The lowest BCUT2D eigenvalue weighted by molar-refractivity contribution is 0.0766. The number of aryl methyl sites for hydroxylation is 1. The van der Waals surface area contributed by atoms with Crippen LogP contribution in [0.5, 0.6) is 0 Å². The second kappa shape index (κ2) is 9.54. The van der Waals surface area contributed by atoms with E-state index < -0.39 is 10.0 Å². The number of nitriles is 1. The molecule has 2 unspecified atom stereocenters. The van der Waals surface area contributed by atoms with Gasteiger partial charge < -0.3 is 14.0 Å². The molecular formula is C32H31N3O4S. The number of hydrogen-bond donors (Lipinski definition) is 0. The van der Waals surface area contributed by atoms with Crippen molar-refractivity contribution in [1.29, 1.82) is 5.26 Å². The van der Waals surface area contributed by atoms with E-state index in [2.05, 4.69) is 17.6 Å². The van der Waals surface area contributed by atoms with Gasteiger partial charge in [0.05, 0.1) is 28.8 Å². The number of hydrogen-bond acceptors (Lipinski definition) is 5. The zero-order valence-corrected chi connectivity index (χ0v) is 24.0. The van der Waals surface area contributed by atoms with Crippen LogP contribution in [0, 0.1) is 25.2 Å². The first kappa shape index (κ1) is 26.2. The van der Waals surface area contributed by atoms with Gasteiger partial charge in [-0.15, -0.1) is 0 Å². The van der Waals surface area contributed by atoms with E-state index in [1.807, 2.05) is 44.2 Å². The third-order valence-corrected chi connectivity index (χ3v) is 9.95. The van der Waals surface area contributed by atoms with Crippen LogP contribution in [-0.4, -0.2) is 37.3 Å². The molecule has 2 aromatic carbocycles. The fraction of sp³-hybridized carbons (Fsp3) is 0.281. The first-order valence-electron chi connectivity index (χ1n) is 13.3. The third-order valence-electron chi connectivity index (χ3n) is 8.26. The Labute approximate surface area is 234 Å². The summed E-state index contributed by atoms with van der Waals surface area (Å²) in [6, 6.07) is 16.9. The van der Waals surface area contributed by atoms with E-state index in [1.165, 1.54) is 9.55 Å². The molecule has 1 aliphatic heterocycles. The van der Waals surface area contributed by atoms with E-state index >= 15 is 0 Å². The van der Waals surface area contributed by atoms with Crippen molar-refractivity contribution < 1.29 is 17.9 Å². The van der Waals surface area contributed by atoms with Crippen molar-refractivity contribution in [3.63, 3.8) is 0 Å². The highest BCUT2D eigenvalue weighted by atomic mass is 32.2. The summed E-state index contributed by atoms with van der Waals surface area (Å²) in [7, 11) is -0.556. The van der Waals surface area contributed by atoms with Crippen LogP contribution in [0.25, 0.3) is 27.6 Å². The molecule has 0 radical (unpaired) electrons. The minimum atomic E-state index is -3.88. The molecule has 4 aromatic rings. The predicted molar refractivity (Wildman–Crippen MR) is 155 cm³/mol. The van der Waals surface area contributed by atoms with Gasteiger partial charge in [-0.3, -0.25) is 0 Å². The molecule has 0 N–H and O–H groups in total. The van der Waals surface area contributed by atoms with Gasteiger partial charge in [0.25, 0.3) is 10.0 Å². The van der Waals surface area contributed by atoms with Crippen molar-refractivity contribution in [2.24, 2.45) is 0 Å². The fourth-order valence-corrected chi connectivity index (χ4v) is 7.74. The second-order valence-electron chi connectivity index (χ2n) is 10.6. The van der Waals surface area contributed by atoms with Gasteiger partial charge in [-0.2, -0.15) is 5.26 Å². The van der Waals surface area contributed by atoms with Crippen LogP contribution in [-0.2, 0) is 19.5 Å². The molecule has 0 spiro atoms. The molecule has 204 valence electrons. The molecule has 0 saturated heterocycles. The quantitative estimate of drug-likeness (QED) is 0.282. The zero-order chi connectivity index (χ0) is 28.3. The van der Waals surface area contributed by atoms with E-state index in [4.69, 9.17) is 9.47 Å². The van der Waals surface area contributed by atoms with Gasteiger partial charge in [0.1, 0.15) is 17.9 Å². The van der Waals surface area contributed by atoms with Crippen LogP contribution in [0.2, 0.25) is 0 Å². The summed E-state index contributed by atoms with van der Waals surface area (Å²) in [4.78, 5) is 0.217. The van der Waals surface area contributed by atoms with E-state index in [0.717, 1.165) is 51.2 Å². The van der Waals surface area contributed by atoms with Gasteiger partial charge in [-0.1, -0.05) is 41.5 Å². The highest BCUT2D eigenvalue weighted by molar-refractivity contribution is 7.90. The lowest BCUT2D eigenvalue weighted by atomic mass is 9.84. The fourth-order valence-electron chi connectivity index (χ4n) is 6.37. The normalized spacial score (nSPS) is 18.8. The first-order chi connectivity index (χ1) is 19.2. The number of aromatic nitrogens is 2. The molecule has 0 bridgehead atoms. The Bertz CT molecular complexity index is 1880. The Morgan fingerprint density at radius 1 is 1.02 bits per heavy atom. The average molecular weight is 554 g/mol. The molecule has 6 rings (SSSR count). The lowest BCUT2D eigenvalue weighted by Gasteiger charge is -2.33. The third kappa shape index (κ3) is 3.76. The first-order valence-corrected chi connectivity index (χ1v) is 14.7. The summed E-state index contributed by atoms with van der Waals surface area (Å²) in [5.41, 5.74) is 7.58. The van der Waals surface area contributed by atoms with Crippen molar-refractivity contribution in [2.75, 3.05) is 14.2 Å². The van der Waals surface area contributed by atoms with E-state index in [1.54, 1.807) is 44.7 Å². The Balaban J connectivity index is 1.62. The number of allylic oxidation sites excluding steroid dienone is 2. The number of methoxy groups -OCH3 is 2. The minimum Gasteiger partial charge on any atom is -0.498 e. The van der Waals surface area contributed by atoms with Crippen LogP contribution < -0.4 is 0 Å². The van der Waals surface area contributed by atoms with Gasteiger partial charge in [-0.25, -0.2) is 12.4 Å². The highest BCUT2D eigenvalue weighted by Crippen LogP contribution is 2.48. The summed E-state index contributed by atoms with van der Waals surface area (Å²) in [5.74, 6) is 0.729. The van der Waals surface area contributed by atoms with Crippen molar-refractivity contribution >= 4 is 26.5 Å². The maximum atomic E-state index is 13.9. The van der Waals surface area contributed by atoms with Gasteiger partial charge in [0.15, 0.2) is 0 Å². The lowest BCUT2D eigenvalue weighted by Crippen LogP contribution is -2.25. The number of benzene rings is 2. The van der Waals surface area contributed by atoms with Crippen LogP contribution in [0.15, 0.2) is 77.0 Å². The summed E-state index contributed by atoms with van der Waals surface area (Å²) in [5, 5.41) is 11.4. The number of ether oxygens (including phenoxy) is 2. The van der Waals surface area contributed by atoms with E-state index in [9.17, 15) is 13.7 Å². The largest absolute Gasteiger partial charge is 0.498 e. The number of nitrogens with zero attached hydrogens (tertiary/aromatic N) is 3. The molecule has 40 heavy (non-hydrogen) atoms. The number of rotatable bonds is 5. The Kier molecular flexibility index (Phi) is 6.25.